The number of carboxylic acids is 1. The van der Waals surface area contributed by atoms with Crippen LogP contribution in [0.25, 0.3) is 0 Å². The number of hydrogen-bond acceptors (Lipinski definition) is 4. The number of nitrogens with zero attached hydrogens (tertiary/aromatic N) is 1. The van der Waals surface area contributed by atoms with Crippen LogP contribution < -0.4 is 5.32 Å². The Labute approximate surface area is 96.2 Å². The number of aliphatic carboxylic acids is 1. The summed E-state index contributed by atoms with van der Waals surface area (Å²) in [4.78, 5) is 20.2. The maximum Gasteiger partial charge on any atom is 0.303 e. The molecule has 0 aliphatic rings. The third-order valence-corrected chi connectivity index (χ3v) is 2.04. The normalized spacial score (nSPS) is 9.94. The maximum atomic E-state index is 12.8. The summed E-state index contributed by atoms with van der Waals surface area (Å²) in [5.41, 5.74) is -0.179. The topological polar surface area (TPSA) is 92.5 Å². The Hall–Kier alpha value is -2.18. The summed E-state index contributed by atoms with van der Waals surface area (Å²) in [6, 6.07) is 3.18. The van der Waals surface area contributed by atoms with Gasteiger partial charge in [-0.1, -0.05) is 0 Å². The van der Waals surface area contributed by atoms with Crippen molar-refractivity contribution in [3.63, 3.8) is 0 Å². The van der Waals surface area contributed by atoms with Gasteiger partial charge in [-0.05, 0) is 18.6 Å². The summed E-state index contributed by atoms with van der Waals surface area (Å²) in [5, 5.41) is 21.7. The minimum Gasteiger partial charge on any atom is -0.481 e. The summed E-state index contributed by atoms with van der Waals surface area (Å²) in [6.07, 6.45) is 0.311. The lowest BCUT2D eigenvalue weighted by atomic mass is 10.2. The van der Waals surface area contributed by atoms with Gasteiger partial charge in [0.15, 0.2) is 0 Å². The van der Waals surface area contributed by atoms with E-state index < -0.39 is 16.7 Å². The van der Waals surface area contributed by atoms with Gasteiger partial charge < -0.3 is 10.4 Å². The third-order valence-electron chi connectivity index (χ3n) is 2.04. The minimum atomic E-state index is -0.930. The van der Waals surface area contributed by atoms with Gasteiger partial charge in [0.1, 0.15) is 11.5 Å². The van der Waals surface area contributed by atoms with Crippen LogP contribution in [-0.2, 0) is 4.79 Å². The SMILES string of the molecule is O=C(O)CCCNc1ccc(F)cc1[N+](=O)[O-]. The standard InChI is InChI=1S/C10H11FN2O4/c11-7-3-4-8(9(6-7)13(16)17)12-5-1-2-10(14)15/h3-4,6,12H,1-2,5H2,(H,14,15). The van der Waals surface area contributed by atoms with Crippen LogP contribution in [0.4, 0.5) is 15.8 Å². The van der Waals surface area contributed by atoms with E-state index in [0.29, 0.717) is 6.42 Å². The van der Waals surface area contributed by atoms with Crippen LogP contribution >= 0.6 is 0 Å². The van der Waals surface area contributed by atoms with E-state index in [1.165, 1.54) is 6.07 Å². The summed E-state index contributed by atoms with van der Waals surface area (Å²) in [6.45, 7) is 0.277. The monoisotopic (exact) mass is 242 g/mol. The Kier molecular flexibility index (Phi) is 4.38. The van der Waals surface area contributed by atoms with Gasteiger partial charge in [-0.3, -0.25) is 14.9 Å². The van der Waals surface area contributed by atoms with Gasteiger partial charge in [0.05, 0.1) is 11.0 Å². The van der Waals surface area contributed by atoms with E-state index in [4.69, 9.17) is 5.11 Å². The Bertz CT molecular complexity index is 436. The summed E-state index contributed by atoms with van der Waals surface area (Å²) >= 11 is 0. The highest BCUT2D eigenvalue weighted by molar-refractivity contribution is 5.66. The Morgan fingerprint density at radius 3 is 2.82 bits per heavy atom. The van der Waals surface area contributed by atoms with Crippen molar-refractivity contribution in [3.05, 3.63) is 34.1 Å². The molecule has 0 radical (unpaired) electrons. The van der Waals surface area contributed by atoms with Crippen LogP contribution in [0.1, 0.15) is 12.8 Å². The average molecular weight is 242 g/mol. The largest absolute Gasteiger partial charge is 0.481 e. The van der Waals surface area contributed by atoms with Gasteiger partial charge in [0.2, 0.25) is 0 Å². The van der Waals surface area contributed by atoms with Gasteiger partial charge in [0.25, 0.3) is 5.69 Å². The van der Waals surface area contributed by atoms with Crippen LogP contribution in [0.2, 0.25) is 0 Å². The van der Waals surface area contributed by atoms with Crippen molar-refractivity contribution in [3.8, 4) is 0 Å². The van der Waals surface area contributed by atoms with Crippen LogP contribution in [0, 0.1) is 15.9 Å². The van der Waals surface area contributed by atoms with Crippen molar-refractivity contribution in [2.45, 2.75) is 12.8 Å². The molecule has 17 heavy (non-hydrogen) atoms. The first-order chi connectivity index (χ1) is 8.00. The third kappa shape index (κ3) is 4.06. The molecule has 1 aromatic carbocycles. The molecule has 7 heteroatoms. The number of carboxylic acid groups (broad SMARTS) is 1. The molecule has 0 aliphatic carbocycles. The van der Waals surface area contributed by atoms with E-state index in [-0.39, 0.29) is 24.3 Å². The number of carbonyl (C=O) groups is 1. The van der Waals surface area contributed by atoms with Crippen molar-refractivity contribution in [2.24, 2.45) is 0 Å². The number of benzene rings is 1. The fourth-order valence-electron chi connectivity index (χ4n) is 1.27. The van der Waals surface area contributed by atoms with Crippen molar-refractivity contribution in [1.82, 2.24) is 0 Å². The van der Waals surface area contributed by atoms with Crippen LogP contribution in [-0.4, -0.2) is 22.5 Å². The number of nitrogens with one attached hydrogen (secondary N) is 1. The van der Waals surface area contributed by atoms with Crippen molar-refractivity contribution in [2.75, 3.05) is 11.9 Å². The van der Waals surface area contributed by atoms with Crippen molar-refractivity contribution >= 4 is 17.3 Å². The smallest absolute Gasteiger partial charge is 0.303 e. The fraction of sp³-hybridized carbons (Fsp3) is 0.300. The van der Waals surface area contributed by atoms with Crippen molar-refractivity contribution in [1.29, 1.82) is 0 Å². The molecule has 1 rings (SSSR count). The highest BCUT2D eigenvalue weighted by atomic mass is 19.1. The number of nitro benzene ring substituents is 1. The minimum absolute atomic E-state index is 0.0258. The predicted octanol–water partition coefficient (Wildman–Crippen LogP) is 2.01. The molecule has 0 heterocycles. The highest BCUT2D eigenvalue weighted by Gasteiger charge is 2.14. The summed E-state index contributed by atoms with van der Waals surface area (Å²) < 4.78 is 12.8. The van der Waals surface area contributed by atoms with Gasteiger partial charge >= 0.3 is 5.97 Å². The maximum absolute atomic E-state index is 12.8. The number of rotatable bonds is 6. The van der Waals surface area contributed by atoms with Crippen LogP contribution in [0.5, 0.6) is 0 Å². The summed E-state index contributed by atoms with van der Waals surface area (Å²) in [5.74, 6) is -1.62. The van der Waals surface area contributed by atoms with E-state index in [9.17, 15) is 19.3 Å². The Morgan fingerprint density at radius 2 is 2.24 bits per heavy atom. The van der Waals surface area contributed by atoms with Gasteiger partial charge in [-0.15, -0.1) is 0 Å². The molecule has 0 bridgehead atoms. The lowest BCUT2D eigenvalue weighted by Crippen LogP contribution is -2.06. The molecule has 2 N–H and O–H groups in total. The van der Waals surface area contributed by atoms with Gasteiger partial charge in [0, 0.05) is 13.0 Å². The number of nitro groups is 1. The summed E-state index contributed by atoms with van der Waals surface area (Å²) in [7, 11) is 0. The molecule has 0 amide bonds. The molecule has 0 aromatic heterocycles. The predicted molar refractivity (Wildman–Crippen MR) is 58.4 cm³/mol. The average Bonchev–Trinajstić information content (AvgIpc) is 2.25. The van der Waals surface area contributed by atoms with E-state index in [1.807, 2.05) is 0 Å². The number of anilines is 1. The Morgan fingerprint density at radius 1 is 1.53 bits per heavy atom. The lowest BCUT2D eigenvalue weighted by molar-refractivity contribution is -0.384. The van der Waals surface area contributed by atoms with Gasteiger partial charge in [-0.25, -0.2) is 4.39 Å². The molecule has 0 aliphatic heterocycles. The molecule has 6 nitrogen and oxygen atoms in total. The molecule has 0 saturated carbocycles. The molecular weight excluding hydrogens is 231 g/mol. The molecule has 0 unspecified atom stereocenters. The molecule has 0 spiro atoms. The molecule has 92 valence electrons. The van der Waals surface area contributed by atoms with Gasteiger partial charge in [-0.2, -0.15) is 0 Å². The second-order valence-corrected chi connectivity index (χ2v) is 3.34. The first kappa shape index (κ1) is 12.9. The molecule has 0 fully saturated rings. The number of hydrogen-bond donors (Lipinski definition) is 2. The van der Waals surface area contributed by atoms with E-state index in [0.717, 1.165) is 12.1 Å². The van der Waals surface area contributed by atoms with E-state index in [2.05, 4.69) is 5.32 Å². The number of halogens is 1. The zero-order valence-electron chi connectivity index (χ0n) is 8.85. The zero-order valence-corrected chi connectivity index (χ0v) is 8.85. The highest BCUT2D eigenvalue weighted by Crippen LogP contribution is 2.24. The second kappa shape index (κ2) is 5.78. The second-order valence-electron chi connectivity index (χ2n) is 3.34. The quantitative estimate of drug-likeness (QED) is 0.452. The van der Waals surface area contributed by atoms with Crippen molar-refractivity contribution < 1.29 is 19.2 Å². The lowest BCUT2D eigenvalue weighted by Gasteiger charge is -2.05. The van der Waals surface area contributed by atoms with Crippen LogP contribution in [0.3, 0.4) is 0 Å². The van der Waals surface area contributed by atoms with E-state index in [1.54, 1.807) is 0 Å². The first-order valence-electron chi connectivity index (χ1n) is 4.90. The molecular formula is C10H11FN2O4. The fourth-order valence-corrected chi connectivity index (χ4v) is 1.27. The van der Waals surface area contributed by atoms with Crippen LogP contribution in [0.15, 0.2) is 18.2 Å². The first-order valence-corrected chi connectivity index (χ1v) is 4.90. The molecule has 1 aromatic rings. The van der Waals surface area contributed by atoms with E-state index >= 15 is 0 Å². The zero-order chi connectivity index (χ0) is 12.8. The molecule has 0 atom stereocenters. The molecule has 0 saturated heterocycles. The Balaban J connectivity index is 2.64.